The van der Waals surface area contributed by atoms with E-state index in [9.17, 15) is 0 Å². The molecule has 3 heteroatoms. The summed E-state index contributed by atoms with van der Waals surface area (Å²) < 4.78 is 1.11. The van der Waals surface area contributed by atoms with Gasteiger partial charge < -0.3 is 5.73 Å². The van der Waals surface area contributed by atoms with E-state index in [2.05, 4.69) is 79.8 Å². The van der Waals surface area contributed by atoms with Crippen LogP contribution in [0.1, 0.15) is 52.1 Å². The summed E-state index contributed by atoms with van der Waals surface area (Å²) >= 11 is 3.49. The Morgan fingerprint density at radius 2 is 1.74 bits per heavy atom. The van der Waals surface area contributed by atoms with E-state index in [4.69, 9.17) is 5.73 Å². The van der Waals surface area contributed by atoms with E-state index in [1.165, 1.54) is 5.56 Å². The molecule has 1 aromatic rings. The zero-order chi connectivity index (χ0) is 14.6. The number of halogens is 1. The van der Waals surface area contributed by atoms with Crippen molar-refractivity contribution in [3.8, 4) is 0 Å². The molecule has 108 valence electrons. The predicted octanol–water partition coefficient (Wildman–Crippen LogP) is 4.35. The summed E-state index contributed by atoms with van der Waals surface area (Å²) in [5.74, 6) is 0. The molecule has 2 atom stereocenters. The lowest BCUT2D eigenvalue weighted by Crippen LogP contribution is -2.48. The fourth-order valence-electron chi connectivity index (χ4n) is 2.27. The van der Waals surface area contributed by atoms with E-state index in [1.54, 1.807) is 0 Å². The van der Waals surface area contributed by atoms with Gasteiger partial charge in [-0.25, -0.2) is 0 Å². The second-order valence-corrected chi connectivity index (χ2v) is 6.76. The van der Waals surface area contributed by atoms with Crippen LogP contribution in [0.2, 0.25) is 0 Å². The number of rotatable bonds is 6. The molecule has 0 aliphatic rings. The molecule has 2 N–H and O–H groups in total. The molecule has 0 saturated heterocycles. The maximum absolute atomic E-state index is 6.39. The van der Waals surface area contributed by atoms with Gasteiger partial charge in [0.15, 0.2) is 0 Å². The lowest BCUT2D eigenvalue weighted by Gasteiger charge is -2.43. The zero-order valence-electron chi connectivity index (χ0n) is 12.8. The summed E-state index contributed by atoms with van der Waals surface area (Å²) in [6.07, 6.45) is 2.08. The quantitative estimate of drug-likeness (QED) is 0.842. The molecular formula is C16H27BrN2. The molecule has 0 aromatic heterocycles. The first kappa shape index (κ1) is 16.7. The van der Waals surface area contributed by atoms with E-state index >= 15 is 0 Å². The van der Waals surface area contributed by atoms with E-state index in [-0.39, 0.29) is 17.6 Å². The molecule has 0 radical (unpaired) electrons. The second-order valence-electron chi connectivity index (χ2n) is 5.85. The SMILES string of the molecule is CCC(N)C(c1ccc(Br)cc1)N(C)C(C)(C)CC. The van der Waals surface area contributed by atoms with Crippen LogP contribution in [-0.4, -0.2) is 23.5 Å². The molecule has 19 heavy (non-hydrogen) atoms. The number of hydrogen-bond donors (Lipinski definition) is 1. The molecule has 0 aliphatic heterocycles. The van der Waals surface area contributed by atoms with Crippen LogP contribution in [-0.2, 0) is 0 Å². The Kier molecular flexibility index (Phi) is 6.03. The topological polar surface area (TPSA) is 29.3 Å². The molecule has 0 saturated carbocycles. The third-order valence-corrected chi connectivity index (χ3v) is 4.85. The number of benzene rings is 1. The molecule has 0 bridgehead atoms. The minimum atomic E-state index is 0.143. The fraction of sp³-hybridized carbons (Fsp3) is 0.625. The first-order valence-electron chi connectivity index (χ1n) is 7.07. The van der Waals surface area contributed by atoms with Crippen LogP contribution < -0.4 is 5.73 Å². The van der Waals surface area contributed by atoms with Gasteiger partial charge in [0.2, 0.25) is 0 Å². The van der Waals surface area contributed by atoms with Gasteiger partial charge in [0.1, 0.15) is 0 Å². The van der Waals surface area contributed by atoms with Crippen LogP contribution in [0.3, 0.4) is 0 Å². The van der Waals surface area contributed by atoms with Crippen LogP contribution in [0.4, 0.5) is 0 Å². The highest BCUT2D eigenvalue weighted by molar-refractivity contribution is 9.10. The maximum atomic E-state index is 6.39. The Morgan fingerprint density at radius 3 is 2.16 bits per heavy atom. The summed E-state index contributed by atoms with van der Waals surface area (Å²) in [7, 11) is 2.19. The van der Waals surface area contributed by atoms with Crippen molar-refractivity contribution in [3.05, 3.63) is 34.3 Å². The average molecular weight is 327 g/mol. The summed E-state index contributed by atoms with van der Waals surface area (Å²) in [6, 6.07) is 8.94. The smallest absolute Gasteiger partial charge is 0.0501 e. The molecule has 0 amide bonds. The molecule has 1 aromatic carbocycles. The average Bonchev–Trinajstić information content (AvgIpc) is 2.40. The van der Waals surface area contributed by atoms with Crippen molar-refractivity contribution in [1.29, 1.82) is 0 Å². The van der Waals surface area contributed by atoms with Gasteiger partial charge in [-0.1, -0.05) is 41.9 Å². The molecule has 0 aliphatic carbocycles. The van der Waals surface area contributed by atoms with Crippen molar-refractivity contribution in [2.24, 2.45) is 5.73 Å². The Labute approximate surface area is 126 Å². The van der Waals surface area contributed by atoms with Crippen LogP contribution in [0.5, 0.6) is 0 Å². The molecular weight excluding hydrogens is 300 g/mol. The summed E-state index contributed by atoms with van der Waals surface area (Å²) in [5, 5.41) is 0. The first-order chi connectivity index (χ1) is 8.83. The van der Waals surface area contributed by atoms with Crippen molar-refractivity contribution >= 4 is 15.9 Å². The third-order valence-electron chi connectivity index (χ3n) is 4.33. The Balaban J connectivity index is 3.11. The third kappa shape index (κ3) is 4.04. The summed E-state index contributed by atoms with van der Waals surface area (Å²) in [6.45, 7) is 8.94. The highest BCUT2D eigenvalue weighted by Gasteiger charge is 2.31. The molecule has 0 heterocycles. The number of hydrogen-bond acceptors (Lipinski definition) is 2. The summed E-state index contributed by atoms with van der Waals surface area (Å²) in [5.41, 5.74) is 7.82. The van der Waals surface area contributed by atoms with Crippen molar-refractivity contribution in [3.63, 3.8) is 0 Å². The molecule has 2 unspecified atom stereocenters. The highest BCUT2D eigenvalue weighted by Crippen LogP contribution is 2.32. The van der Waals surface area contributed by atoms with Gasteiger partial charge >= 0.3 is 0 Å². The normalized spacial score (nSPS) is 15.6. The Morgan fingerprint density at radius 1 is 1.21 bits per heavy atom. The van der Waals surface area contributed by atoms with Gasteiger partial charge in [-0.15, -0.1) is 0 Å². The van der Waals surface area contributed by atoms with Crippen LogP contribution in [0.15, 0.2) is 28.7 Å². The van der Waals surface area contributed by atoms with Gasteiger partial charge in [-0.2, -0.15) is 0 Å². The molecule has 0 spiro atoms. The number of nitrogens with zero attached hydrogens (tertiary/aromatic N) is 1. The van der Waals surface area contributed by atoms with Crippen LogP contribution >= 0.6 is 15.9 Å². The minimum absolute atomic E-state index is 0.143. The minimum Gasteiger partial charge on any atom is -0.326 e. The van der Waals surface area contributed by atoms with Crippen molar-refractivity contribution in [1.82, 2.24) is 4.90 Å². The van der Waals surface area contributed by atoms with Crippen LogP contribution in [0, 0.1) is 0 Å². The standard InChI is InChI=1S/C16H27BrN2/c1-6-14(18)15(19(5)16(3,4)7-2)12-8-10-13(17)11-9-12/h8-11,14-15H,6-7,18H2,1-5H3. The monoisotopic (exact) mass is 326 g/mol. The van der Waals surface area contributed by atoms with E-state index in [0.29, 0.717) is 0 Å². The maximum Gasteiger partial charge on any atom is 0.0501 e. The van der Waals surface area contributed by atoms with Gasteiger partial charge in [0, 0.05) is 16.1 Å². The van der Waals surface area contributed by atoms with Crippen molar-refractivity contribution in [2.75, 3.05) is 7.05 Å². The summed E-state index contributed by atoms with van der Waals surface area (Å²) in [4.78, 5) is 2.42. The van der Waals surface area contributed by atoms with Gasteiger partial charge in [-0.3, -0.25) is 4.90 Å². The molecule has 0 fully saturated rings. The lowest BCUT2D eigenvalue weighted by atomic mass is 9.90. The van der Waals surface area contributed by atoms with Crippen LogP contribution in [0.25, 0.3) is 0 Å². The Hall–Kier alpha value is -0.380. The van der Waals surface area contributed by atoms with E-state index < -0.39 is 0 Å². The number of nitrogens with two attached hydrogens (primary N) is 1. The van der Waals surface area contributed by atoms with Gasteiger partial charge in [0.05, 0.1) is 6.04 Å². The van der Waals surface area contributed by atoms with Crippen molar-refractivity contribution in [2.45, 2.75) is 58.2 Å². The Bertz CT molecular complexity index is 386. The first-order valence-corrected chi connectivity index (χ1v) is 7.86. The molecule has 1 rings (SSSR count). The fourth-order valence-corrected chi connectivity index (χ4v) is 2.53. The van der Waals surface area contributed by atoms with Crippen molar-refractivity contribution < 1.29 is 0 Å². The van der Waals surface area contributed by atoms with E-state index in [1.807, 2.05) is 0 Å². The lowest BCUT2D eigenvalue weighted by molar-refractivity contribution is 0.0806. The molecule has 2 nitrogen and oxygen atoms in total. The van der Waals surface area contributed by atoms with Gasteiger partial charge in [-0.05, 0) is 51.4 Å². The predicted molar refractivity (Wildman–Crippen MR) is 87.3 cm³/mol. The highest BCUT2D eigenvalue weighted by atomic mass is 79.9. The second kappa shape index (κ2) is 6.87. The van der Waals surface area contributed by atoms with Gasteiger partial charge in [0.25, 0.3) is 0 Å². The number of likely N-dealkylation sites (N-methyl/N-ethyl adjacent to an activating group) is 1. The van der Waals surface area contributed by atoms with E-state index in [0.717, 1.165) is 17.3 Å². The zero-order valence-corrected chi connectivity index (χ0v) is 14.4. The largest absolute Gasteiger partial charge is 0.326 e.